The number of thiophene rings is 1. The molecule has 0 amide bonds. The maximum absolute atomic E-state index is 12.1. The fraction of sp³-hybridized carbons (Fsp3) is 0.333. The maximum atomic E-state index is 12.1. The molecule has 0 bridgehead atoms. The molecule has 0 spiro atoms. The smallest absolute Gasteiger partial charge is 0.198 e. The normalized spacial score (nSPS) is 18.8. The zero-order chi connectivity index (χ0) is 15.2. The lowest BCUT2D eigenvalue weighted by atomic mass is 10.3. The van der Waals surface area contributed by atoms with Crippen LogP contribution in [0.15, 0.2) is 45.8 Å². The van der Waals surface area contributed by atoms with E-state index in [0.29, 0.717) is 22.5 Å². The van der Waals surface area contributed by atoms with Crippen molar-refractivity contribution in [2.75, 3.05) is 5.75 Å². The molecule has 21 heavy (non-hydrogen) atoms. The number of hydrogen-bond acceptors (Lipinski definition) is 4. The summed E-state index contributed by atoms with van der Waals surface area (Å²) >= 11 is 1.62. The molecule has 1 aromatic rings. The second kappa shape index (κ2) is 7.47. The molecule has 1 aliphatic rings. The van der Waals surface area contributed by atoms with E-state index in [1.807, 2.05) is 30.5 Å². The zero-order valence-corrected chi connectivity index (χ0v) is 13.9. The Morgan fingerprint density at radius 2 is 2.43 bits per heavy atom. The van der Waals surface area contributed by atoms with E-state index in [1.165, 1.54) is 0 Å². The Labute approximate surface area is 131 Å². The standard InChI is InChI=1S/C15H19N3OS2/c1-4-6-10-21(19)15-16-11(3)14(18-15)17-12(5-2)13-8-7-9-20-13/h5,7-9H,3-4,6,10H2,1-2H3,(H,16,17,18)/b12-5-. The quantitative estimate of drug-likeness (QED) is 0.902. The molecule has 1 aromatic heterocycles. The van der Waals surface area contributed by atoms with Gasteiger partial charge in [-0.25, -0.2) is 9.98 Å². The van der Waals surface area contributed by atoms with E-state index in [1.54, 1.807) is 11.3 Å². The van der Waals surface area contributed by atoms with Gasteiger partial charge in [0, 0.05) is 5.75 Å². The Hall–Kier alpha value is -1.53. The number of hydrogen-bond donors (Lipinski definition) is 1. The number of nitrogens with one attached hydrogen (secondary N) is 1. The highest BCUT2D eigenvalue weighted by Crippen LogP contribution is 2.22. The Bertz CT molecular complexity index is 627. The van der Waals surface area contributed by atoms with Crippen LogP contribution in [0.1, 0.15) is 31.6 Å². The Kier molecular flexibility index (Phi) is 5.64. The largest absolute Gasteiger partial charge is 0.330 e. The Morgan fingerprint density at radius 1 is 1.62 bits per heavy atom. The van der Waals surface area contributed by atoms with Crippen LogP contribution in [0, 0.1) is 0 Å². The molecule has 4 nitrogen and oxygen atoms in total. The van der Waals surface area contributed by atoms with Gasteiger partial charge in [-0.15, -0.1) is 11.3 Å². The molecule has 2 rings (SSSR count). The average Bonchev–Trinajstić information content (AvgIpc) is 3.12. The summed E-state index contributed by atoms with van der Waals surface area (Å²) in [5.41, 5.74) is 1.46. The fourth-order valence-electron chi connectivity index (χ4n) is 1.75. The number of unbranched alkanes of at least 4 members (excludes halogenated alkanes) is 1. The first-order valence-corrected chi connectivity index (χ1v) is 9.07. The zero-order valence-electron chi connectivity index (χ0n) is 12.3. The number of aliphatic imine (C=N–C) groups is 2. The van der Waals surface area contributed by atoms with Gasteiger partial charge < -0.3 is 5.32 Å². The second-order valence-corrected chi connectivity index (χ2v) is 6.94. The fourth-order valence-corrected chi connectivity index (χ4v) is 3.66. The maximum Gasteiger partial charge on any atom is 0.198 e. The number of allylic oxidation sites excluding steroid dienone is 1. The summed E-state index contributed by atoms with van der Waals surface area (Å²) < 4.78 is 12.1. The molecule has 0 aliphatic carbocycles. The average molecular weight is 321 g/mol. The van der Waals surface area contributed by atoms with Crippen LogP contribution in [-0.2, 0) is 10.8 Å². The Morgan fingerprint density at radius 3 is 3.05 bits per heavy atom. The van der Waals surface area contributed by atoms with Gasteiger partial charge in [-0.05, 0) is 24.8 Å². The van der Waals surface area contributed by atoms with Gasteiger partial charge in [0.2, 0.25) is 0 Å². The molecule has 1 N–H and O–H groups in total. The minimum atomic E-state index is -1.11. The minimum Gasteiger partial charge on any atom is -0.330 e. The van der Waals surface area contributed by atoms with Gasteiger partial charge in [0.1, 0.15) is 0 Å². The minimum absolute atomic E-state index is 0.467. The summed E-state index contributed by atoms with van der Waals surface area (Å²) in [4.78, 5) is 9.95. The van der Waals surface area contributed by atoms with Gasteiger partial charge in [-0.3, -0.25) is 4.21 Å². The number of rotatable bonds is 5. The van der Waals surface area contributed by atoms with Crippen LogP contribution in [0.4, 0.5) is 0 Å². The van der Waals surface area contributed by atoms with Gasteiger partial charge >= 0.3 is 0 Å². The summed E-state index contributed by atoms with van der Waals surface area (Å²) in [5.74, 6) is 1.13. The predicted molar refractivity (Wildman–Crippen MR) is 93.0 cm³/mol. The van der Waals surface area contributed by atoms with Crippen LogP contribution >= 0.6 is 11.3 Å². The molecule has 112 valence electrons. The topological polar surface area (TPSA) is 53.8 Å². The van der Waals surface area contributed by atoms with Gasteiger partial charge in [0.15, 0.2) is 11.0 Å². The third kappa shape index (κ3) is 3.98. The summed E-state index contributed by atoms with van der Waals surface area (Å²) in [6, 6.07) is 4.00. The molecule has 1 unspecified atom stereocenters. The first-order valence-electron chi connectivity index (χ1n) is 6.88. The van der Waals surface area contributed by atoms with Crippen molar-refractivity contribution in [3.8, 4) is 0 Å². The molecule has 0 fully saturated rings. The summed E-state index contributed by atoms with van der Waals surface area (Å²) in [6.07, 6.45) is 3.87. The SMILES string of the molecule is C=C1NC(S(=O)CCCC)=NC1=N/C(=C\C)c1cccs1. The van der Waals surface area contributed by atoms with Crippen LogP contribution in [0.2, 0.25) is 0 Å². The van der Waals surface area contributed by atoms with E-state index in [-0.39, 0.29) is 0 Å². The van der Waals surface area contributed by atoms with Crippen molar-refractivity contribution in [3.63, 3.8) is 0 Å². The summed E-state index contributed by atoms with van der Waals surface area (Å²) in [7, 11) is -1.11. The summed E-state index contributed by atoms with van der Waals surface area (Å²) in [5, 5.41) is 5.46. The van der Waals surface area contributed by atoms with E-state index in [9.17, 15) is 4.21 Å². The molecule has 0 aromatic carbocycles. The first-order chi connectivity index (χ1) is 10.2. The second-order valence-electron chi connectivity index (χ2n) is 4.51. The monoisotopic (exact) mass is 321 g/mol. The molecular weight excluding hydrogens is 302 g/mol. The van der Waals surface area contributed by atoms with E-state index in [4.69, 9.17) is 0 Å². The van der Waals surface area contributed by atoms with E-state index < -0.39 is 10.8 Å². The van der Waals surface area contributed by atoms with Crippen molar-refractivity contribution >= 4 is 38.8 Å². The van der Waals surface area contributed by atoms with Crippen molar-refractivity contribution < 1.29 is 4.21 Å². The third-order valence-electron chi connectivity index (χ3n) is 2.91. The molecular formula is C15H19N3OS2. The molecule has 1 aliphatic heterocycles. The lowest BCUT2D eigenvalue weighted by Crippen LogP contribution is -2.23. The number of nitrogens with zero attached hydrogens (tertiary/aromatic N) is 2. The van der Waals surface area contributed by atoms with Crippen molar-refractivity contribution in [1.82, 2.24) is 5.32 Å². The van der Waals surface area contributed by atoms with Crippen molar-refractivity contribution in [1.29, 1.82) is 0 Å². The molecule has 0 saturated carbocycles. The van der Waals surface area contributed by atoms with Crippen molar-refractivity contribution in [2.24, 2.45) is 9.98 Å². The van der Waals surface area contributed by atoms with Crippen LogP contribution in [0.5, 0.6) is 0 Å². The highest BCUT2D eigenvalue weighted by Gasteiger charge is 2.21. The van der Waals surface area contributed by atoms with Crippen LogP contribution in [0.25, 0.3) is 5.70 Å². The number of amidine groups is 2. The summed E-state index contributed by atoms with van der Waals surface area (Å²) in [6.45, 7) is 7.92. The lowest BCUT2D eigenvalue weighted by Gasteiger charge is -2.01. The molecule has 0 radical (unpaired) electrons. The van der Waals surface area contributed by atoms with Gasteiger partial charge in [-0.1, -0.05) is 32.1 Å². The highest BCUT2D eigenvalue weighted by atomic mass is 32.2. The van der Waals surface area contributed by atoms with Gasteiger partial charge in [0.05, 0.1) is 27.1 Å². The van der Waals surface area contributed by atoms with Crippen LogP contribution < -0.4 is 5.32 Å². The van der Waals surface area contributed by atoms with E-state index >= 15 is 0 Å². The predicted octanol–water partition coefficient (Wildman–Crippen LogP) is 3.53. The van der Waals surface area contributed by atoms with Crippen LogP contribution in [0.3, 0.4) is 0 Å². The van der Waals surface area contributed by atoms with Gasteiger partial charge in [0.25, 0.3) is 0 Å². The first kappa shape index (κ1) is 15.9. The molecule has 2 heterocycles. The molecule has 1 atom stereocenters. The highest BCUT2D eigenvalue weighted by molar-refractivity contribution is 8.00. The van der Waals surface area contributed by atoms with Gasteiger partial charge in [-0.2, -0.15) is 0 Å². The lowest BCUT2D eigenvalue weighted by molar-refractivity contribution is 0.686. The molecule has 6 heteroatoms. The van der Waals surface area contributed by atoms with Crippen molar-refractivity contribution in [2.45, 2.75) is 26.7 Å². The van der Waals surface area contributed by atoms with E-state index in [2.05, 4.69) is 28.8 Å². The Balaban J connectivity index is 2.19. The van der Waals surface area contributed by atoms with Crippen LogP contribution in [-0.4, -0.2) is 21.0 Å². The third-order valence-corrected chi connectivity index (χ3v) is 5.08. The van der Waals surface area contributed by atoms with E-state index in [0.717, 1.165) is 23.4 Å². The molecule has 0 saturated heterocycles. The van der Waals surface area contributed by atoms with Crippen molar-refractivity contribution in [3.05, 3.63) is 40.7 Å².